The number of nitrogens with one attached hydrogen (secondary N) is 2. The second kappa shape index (κ2) is 9.46. The van der Waals surface area contributed by atoms with E-state index in [1.807, 2.05) is 32.0 Å². The number of pyridine rings is 1. The summed E-state index contributed by atoms with van der Waals surface area (Å²) in [5.41, 5.74) is 3.84. The number of sulfonamides is 1. The number of aromatic amines is 1. The molecule has 4 rings (SSSR count). The highest BCUT2D eigenvalue weighted by atomic mass is 32.2. The number of fused-ring (bicyclic) bond motifs is 1. The number of ether oxygens (including phenoxy) is 1. The summed E-state index contributed by atoms with van der Waals surface area (Å²) in [4.78, 5) is 28.0. The van der Waals surface area contributed by atoms with Crippen LogP contribution in [-0.2, 0) is 21.2 Å². The molecule has 0 saturated carbocycles. The highest BCUT2D eigenvalue weighted by Crippen LogP contribution is 2.19. The first-order chi connectivity index (χ1) is 15.8. The summed E-state index contributed by atoms with van der Waals surface area (Å²) in [7, 11) is -3.60. The van der Waals surface area contributed by atoms with E-state index in [1.54, 1.807) is 0 Å². The van der Waals surface area contributed by atoms with Crippen LogP contribution in [0.15, 0.2) is 52.2 Å². The number of hydrogen-bond acceptors (Lipinski definition) is 5. The summed E-state index contributed by atoms with van der Waals surface area (Å²) in [6.45, 7) is 5.69. The van der Waals surface area contributed by atoms with Gasteiger partial charge in [0.25, 0.3) is 11.5 Å². The Morgan fingerprint density at radius 2 is 1.73 bits per heavy atom. The maximum absolute atomic E-state index is 12.7. The van der Waals surface area contributed by atoms with Crippen molar-refractivity contribution in [3.05, 3.63) is 75.1 Å². The van der Waals surface area contributed by atoms with Crippen LogP contribution in [0.2, 0.25) is 0 Å². The third-order valence-corrected chi connectivity index (χ3v) is 7.85. The fraction of sp³-hybridized carbons (Fsp3) is 0.333. The van der Waals surface area contributed by atoms with Crippen molar-refractivity contribution in [2.75, 3.05) is 32.8 Å². The van der Waals surface area contributed by atoms with Crippen LogP contribution in [-0.4, -0.2) is 56.5 Å². The van der Waals surface area contributed by atoms with E-state index >= 15 is 0 Å². The van der Waals surface area contributed by atoms with Gasteiger partial charge in [0.1, 0.15) is 0 Å². The van der Waals surface area contributed by atoms with Crippen molar-refractivity contribution in [2.45, 2.75) is 25.2 Å². The molecule has 1 saturated heterocycles. The summed E-state index contributed by atoms with van der Waals surface area (Å²) >= 11 is 0. The van der Waals surface area contributed by atoms with Gasteiger partial charge >= 0.3 is 0 Å². The van der Waals surface area contributed by atoms with Gasteiger partial charge in [0.15, 0.2) is 0 Å². The van der Waals surface area contributed by atoms with Gasteiger partial charge in [-0.2, -0.15) is 4.31 Å². The lowest BCUT2D eigenvalue weighted by molar-refractivity contribution is 0.0730. The van der Waals surface area contributed by atoms with Crippen LogP contribution in [0.1, 0.15) is 27.0 Å². The highest BCUT2D eigenvalue weighted by Gasteiger charge is 2.26. The fourth-order valence-corrected chi connectivity index (χ4v) is 5.24. The summed E-state index contributed by atoms with van der Waals surface area (Å²) in [6, 6.07) is 11.7. The van der Waals surface area contributed by atoms with E-state index in [1.165, 1.54) is 28.6 Å². The third-order valence-electron chi connectivity index (χ3n) is 5.94. The molecule has 0 atom stereocenters. The molecule has 0 spiro atoms. The Morgan fingerprint density at radius 3 is 2.42 bits per heavy atom. The molecule has 2 N–H and O–H groups in total. The van der Waals surface area contributed by atoms with E-state index in [9.17, 15) is 18.0 Å². The van der Waals surface area contributed by atoms with Crippen LogP contribution in [0, 0.1) is 13.8 Å². The zero-order valence-corrected chi connectivity index (χ0v) is 19.5. The number of rotatable bonds is 6. The lowest BCUT2D eigenvalue weighted by Gasteiger charge is -2.26. The van der Waals surface area contributed by atoms with Gasteiger partial charge in [-0.3, -0.25) is 9.59 Å². The van der Waals surface area contributed by atoms with E-state index < -0.39 is 10.0 Å². The van der Waals surface area contributed by atoms with E-state index in [0.717, 1.165) is 22.0 Å². The maximum Gasteiger partial charge on any atom is 0.251 e. The monoisotopic (exact) mass is 469 g/mol. The molecular formula is C24H27N3O5S. The molecule has 3 aromatic rings. The van der Waals surface area contributed by atoms with Crippen molar-refractivity contribution in [3.8, 4) is 0 Å². The number of H-pyrrole nitrogens is 1. The van der Waals surface area contributed by atoms with Crippen molar-refractivity contribution < 1.29 is 17.9 Å². The molecule has 0 unspecified atom stereocenters. The molecule has 1 aliphatic heterocycles. The van der Waals surface area contributed by atoms with Crippen molar-refractivity contribution in [1.29, 1.82) is 0 Å². The average Bonchev–Trinajstić information content (AvgIpc) is 2.81. The lowest BCUT2D eigenvalue weighted by Crippen LogP contribution is -2.40. The molecule has 2 aromatic carbocycles. The third kappa shape index (κ3) is 5.00. The van der Waals surface area contributed by atoms with Crippen LogP contribution in [0.4, 0.5) is 0 Å². The Hall–Kier alpha value is -3.01. The zero-order valence-electron chi connectivity index (χ0n) is 18.7. The standard InChI is InChI=1S/C24H27N3O5S/c1-16-13-20-15-19(24(29)26-22(20)14-17(16)2)7-8-25-23(28)18-3-5-21(6-4-18)33(30,31)27-9-11-32-12-10-27/h3-6,13-15H,7-12H2,1-2H3,(H,25,28)(H,26,29). The minimum Gasteiger partial charge on any atom is -0.379 e. The molecule has 8 nitrogen and oxygen atoms in total. The minimum atomic E-state index is -3.60. The van der Waals surface area contributed by atoms with Crippen molar-refractivity contribution in [3.63, 3.8) is 0 Å². The second-order valence-corrected chi connectivity index (χ2v) is 10.1. The van der Waals surface area contributed by atoms with Crippen molar-refractivity contribution in [1.82, 2.24) is 14.6 Å². The minimum absolute atomic E-state index is 0.147. The first-order valence-electron chi connectivity index (χ1n) is 10.8. The quantitative estimate of drug-likeness (QED) is 0.575. The first-order valence-corrected chi connectivity index (χ1v) is 12.3. The summed E-state index contributed by atoms with van der Waals surface area (Å²) in [6.07, 6.45) is 0.382. The Morgan fingerprint density at radius 1 is 1.06 bits per heavy atom. The zero-order chi connectivity index (χ0) is 23.6. The molecule has 33 heavy (non-hydrogen) atoms. The number of carbonyl (C=O) groups excluding carboxylic acids is 1. The molecule has 1 aliphatic rings. The number of aromatic nitrogens is 1. The van der Waals surface area contributed by atoms with E-state index in [0.29, 0.717) is 43.9 Å². The molecule has 0 aliphatic carbocycles. The predicted octanol–water partition coefficient (Wildman–Crippen LogP) is 2.14. The molecule has 1 fully saturated rings. The summed E-state index contributed by atoms with van der Waals surface area (Å²) < 4.78 is 32.0. The van der Waals surface area contributed by atoms with Gasteiger partial charge in [-0.1, -0.05) is 0 Å². The number of aryl methyl sites for hydroxylation is 2. The summed E-state index contributed by atoms with van der Waals surface area (Å²) in [5.74, 6) is -0.325. The highest BCUT2D eigenvalue weighted by molar-refractivity contribution is 7.89. The molecule has 174 valence electrons. The van der Waals surface area contributed by atoms with Crippen molar-refractivity contribution in [2.24, 2.45) is 0 Å². The molecule has 0 radical (unpaired) electrons. The predicted molar refractivity (Wildman–Crippen MR) is 126 cm³/mol. The second-order valence-electron chi connectivity index (χ2n) is 8.19. The van der Waals surface area contributed by atoms with Gasteiger partial charge in [0.05, 0.1) is 18.1 Å². The van der Waals surface area contributed by atoms with Gasteiger partial charge in [-0.25, -0.2) is 8.42 Å². The van der Waals surface area contributed by atoms with Crippen molar-refractivity contribution >= 4 is 26.8 Å². The van der Waals surface area contributed by atoms with E-state index in [4.69, 9.17) is 4.74 Å². The molecule has 1 amide bonds. The molecule has 2 heterocycles. The number of benzene rings is 2. The normalized spacial score (nSPS) is 15.0. The Labute approximate surface area is 192 Å². The largest absolute Gasteiger partial charge is 0.379 e. The number of amides is 1. The van der Waals surface area contributed by atoms with Gasteiger partial charge in [0, 0.05) is 36.3 Å². The maximum atomic E-state index is 12.7. The van der Waals surface area contributed by atoms with Crippen LogP contribution in [0.3, 0.4) is 0 Å². The Balaban J connectivity index is 1.39. The van der Waals surface area contributed by atoms with Gasteiger partial charge < -0.3 is 15.0 Å². The molecular weight excluding hydrogens is 442 g/mol. The number of carbonyl (C=O) groups is 1. The Bertz CT molecular complexity index is 1340. The van der Waals surface area contributed by atoms with Gasteiger partial charge in [-0.05, 0) is 79.2 Å². The smallest absolute Gasteiger partial charge is 0.251 e. The number of morpholine rings is 1. The molecule has 1 aromatic heterocycles. The lowest BCUT2D eigenvalue weighted by atomic mass is 10.0. The van der Waals surface area contributed by atoms with Crippen LogP contribution in [0.25, 0.3) is 10.9 Å². The molecule has 9 heteroatoms. The molecule has 0 bridgehead atoms. The number of nitrogens with zero attached hydrogens (tertiary/aromatic N) is 1. The van der Waals surface area contributed by atoms with Crippen LogP contribution in [0.5, 0.6) is 0 Å². The summed E-state index contributed by atoms with van der Waals surface area (Å²) in [5, 5.41) is 3.75. The SMILES string of the molecule is Cc1cc2cc(CCNC(=O)c3ccc(S(=O)(=O)N4CCOCC4)cc3)c(=O)[nH]c2cc1C. The Kier molecular flexibility index (Phi) is 6.64. The van der Waals surface area contributed by atoms with Gasteiger partial charge in [-0.15, -0.1) is 0 Å². The topological polar surface area (TPSA) is 109 Å². The fourth-order valence-electron chi connectivity index (χ4n) is 3.83. The van der Waals surface area contributed by atoms with Crippen LogP contribution < -0.4 is 10.9 Å². The average molecular weight is 470 g/mol. The first kappa shape index (κ1) is 23.2. The van der Waals surface area contributed by atoms with Crippen LogP contribution >= 0.6 is 0 Å². The van der Waals surface area contributed by atoms with E-state index in [-0.39, 0.29) is 22.9 Å². The number of hydrogen-bond donors (Lipinski definition) is 2. The van der Waals surface area contributed by atoms with E-state index in [2.05, 4.69) is 10.3 Å². The van der Waals surface area contributed by atoms with Gasteiger partial charge in [0.2, 0.25) is 10.0 Å².